The summed E-state index contributed by atoms with van der Waals surface area (Å²) >= 11 is 0. The molecule has 0 saturated heterocycles. The SMILES string of the molecule is CCOc1ccc(NC(=O)COC(=O)[C@@H]2CC=CCC2)cc1OCC. The van der Waals surface area contributed by atoms with E-state index in [9.17, 15) is 9.59 Å². The molecule has 0 unspecified atom stereocenters. The van der Waals surface area contributed by atoms with E-state index in [1.165, 1.54) is 0 Å². The summed E-state index contributed by atoms with van der Waals surface area (Å²) in [6.07, 6.45) is 6.35. The van der Waals surface area contributed by atoms with E-state index in [0.29, 0.717) is 36.8 Å². The summed E-state index contributed by atoms with van der Waals surface area (Å²) in [7, 11) is 0. The first-order valence-corrected chi connectivity index (χ1v) is 8.65. The van der Waals surface area contributed by atoms with Gasteiger partial charge in [0.25, 0.3) is 5.91 Å². The molecule has 136 valence electrons. The number of anilines is 1. The molecule has 25 heavy (non-hydrogen) atoms. The van der Waals surface area contributed by atoms with Gasteiger partial charge in [0, 0.05) is 11.8 Å². The maximum absolute atomic E-state index is 12.0. The molecule has 0 aliphatic heterocycles. The number of esters is 1. The molecule has 6 nitrogen and oxygen atoms in total. The van der Waals surface area contributed by atoms with Crippen LogP contribution in [0.4, 0.5) is 5.69 Å². The van der Waals surface area contributed by atoms with Crippen molar-refractivity contribution >= 4 is 17.6 Å². The van der Waals surface area contributed by atoms with Gasteiger partial charge >= 0.3 is 5.97 Å². The monoisotopic (exact) mass is 347 g/mol. The van der Waals surface area contributed by atoms with Crippen LogP contribution >= 0.6 is 0 Å². The van der Waals surface area contributed by atoms with Gasteiger partial charge in [0.1, 0.15) is 0 Å². The lowest BCUT2D eigenvalue weighted by Gasteiger charge is -2.16. The van der Waals surface area contributed by atoms with Gasteiger partial charge in [-0.2, -0.15) is 0 Å². The first-order valence-electron chi connectivity index (χ1n) is 8.65. The number of nitrogens with one attached hydrogen (secondary N) is 1. The zero-order valence-electron chi connectivity index (χ0n) is 14.7. The minimum absolute atomic E-state index is 0.146. The van der Waals surface area contributed by atoms with Crippen molar-refractivity contribution in [2.24, 2.45) is 5.92 Å². The minimum atomic E-state index is -0.383. The quantitative estimate of drug-likeness (QED) is 0.577. The Kier molecular flexibility index (Phi) is 7.32. The van der Waals surface area contributed by atoms with E-state index in [0.717, 1.165) is 12.8 Å². The molecule has 0 bridgehead atoms. The molecule has 1 aliphatic rings. The number of hydrogen-bond acceptors (Lipinski definition) is 5. The van der Waals surface area contributed by atoms with Crippen molar-refractivity contribution in [2.45, 2.75) is 33.1 Å². The molecule has 2 rings (SSSR count). The van der Waals surface area contributed by atoms with Gasteiger partial charge in [-0.3, -0.25) is 9.59 Å². The second-order valence-electron chi connectivity index (χ2n) is 5.66. The Morgan fingerprint density at radius 2 is 1.88 bits per heavy atom. The lowest BCUT2D eigenvalue weighted by atomic mass is 9.95. The Hall–Kier alpha value is -2.50. The highest BCUT2D eigenvalue weighted by Gasteiger charge is 2.21. The average Bonchev–Trinajstić information content (AvgIpc) is 2.63. The Bertz CT molecular complexity index is 626. The maximum atomic E-state index is 12.0. The van der Waals surface area contributed by atoms with Crippen LogP contribution in [0.2, 0.25) is 0 Å². The molecule has 1 N–H and O–H groups in total. The van der Waals surface area contributed by atoms with E-state index in [-0.39, 0.29) is 24.4 Å². The molecule has 0 radical (unpaired) electrons. The van der Waals surface area contributed by atoms with Crippen LogP contribution in [0.15, 0.2) is 30.4 Å². The lowest BCUT2D eigenvalue weighted by Crippen LogP contribution is -2.25. The molecule has 0 spiro atoms. The number of rotatable bonds is 8. The van der Waals surface area contributed by atoms with Gasteiger partial charge in [-0.1, -0.05) is 12.2 Å². The van der Waals surface area contributed by atoms with Crippen molar-refractivity contribution in [3.63, 3.8) is 0 Å². The number of carbonyl (C=O) groups excluding carboxylic acids is 2. The predicted molar refractivity (Wildman–Crippen MR) is 94.8 cm³/mol. The van der Waals surface area contributed by atoms with Crippen LogP contribution in [-0.4, -0.2) is 31.7 Å². The molecule has 6 heteroatoms. The van der Waals surface area contributed by atoms with E-state index >= 15 is 0 Å². The van der Waals surface area contributed by atoms with Crippen LogP contribution in [0.3, 0.4) is 0 Å². The summed E-state index contributed by atoms with van der Waals surface area (Å²) in [5, 5.41) is 2.70. The summed E-state index contributed by atoms with van der Waals surface area (Å²) in [6.45, 7) is 4.49. The van der Waals surface area contributed by atoms with Crippen LogP contribution < -0.4 is 14.8 Å². The average molecular weight is 347 g/mol. The highest BCUT2D eigenvalue weighted by molar-refractivity contribution is 5.93. The summed E-state index contributed by atoms with van der Waals surface area (Å²) in [5.74, 6) is 0.340. The molecular weight excluding hydrogens is 322 g/mol. The Morgan fingerprint density at radius 1 is 1.12 bits per heavy atom. The molecule has 1 aliphatic carbocycles. The molecule has 0 fully saturated rings. The van der Waals surface area contributed by atoms with Crippen LogP contribution in [-0.2, 0) is 14.3 Å². The van der Waals surface area contributed by atoms with E-state index in [1.54, 1.807) is 18.2 Å². The fourth-order valence-electron chi connectivity index (χ4n) is 2.59. The Morgan fingerprint density at radius 3 is 2.56 bits per heavy atom. The molecule has 1 amide bonds. The lowest BCUT2D eigenvalue weighted by molar-refractivity contribution is -0.151. The fourth-order valence-corrected chi connectivity index (χ4v) is 2.59. The summed E-state index contributed by atoms with van der Waals surface area (Å²) in [4.78, 5) is 23.9. The second-order valence-corrected chi connectivity index (χ2v) is 5.66. The predicted octanol–water partition coefficient (Wildman–Crippen LogP) is 3.32. The van der Waals surface area contributed by atoms with E-state index < -0.39 is 0 Å². The van der Waals surface area contributed by atoms with Crippen molar-refractivity contribution in [3.05, 3.63) is 30.4 Å². The van der Waals surface area contributed by atoms with Gasteiger partial charge < -0.3 is 19.5 Å². The third-order valence-corrected chi connectivity index (χ3v) is 3.78. The number of carbonyl (C=O) groups is 2. The molecule has 0 heterocycles. The van der Waals surface area contributed by atoms with E-state index in [4.69, 9.17) is 14.2 Å². The summed E-state index contributed by atoms with van der Waals surface area (Å²) < 4.78 is 16.1. The fraction of sp³-hybridized carbons (Fsp3) is 0.474. The molecule has 0 aromatic heterocycles. The normalized spacial score (nSPS) is 16.2. The van der Waals surface area contributed by atoms with Gasteiger partial charge in [-0.25, -0.2) is 0 Å². The highest BCUT2D eigenvalue weighted by Crippen LogP contribution is 2.30. The van der Waals surface area contributed by atoms with Crippen molar-refractivity contribution in [1.82, 2.24) is 0 Å². The largest absolute Gasteiger partial charge is 0.490 e. The number of ether oxygens (including phenoxy) is 3. The van der Waals surface area contributed by atoms with Gasteiger partial charge in [0.2, 0.25) is 0 Å². The van der Waals surface area contributed by atoms with E-state index in [2.05, 4.69) is 11.4 Å². The summed E-state index contributed by atoms with van der Waals surface area (Å²) in [5.41, 5.74) is 0.563. The van der Waals surface area contributed by atoms with Crippen molar-refractivity contribution in [2.75, 3.05) is 25.1 Å². The van der Waals surface area contributed by atoms with Crippen LogP contribution in [0.1, 0.15) is 33.1 Å². The summed E-state index contributed by atoms with van der Waals surface area (Å²) in [6, 6.07) is 5.16. The van der Waals surface area contributed by atoms with Crippen LogP contribution in [0.25, 0.3) is 0 Å². The third kappa shape index (κ3) is 5.81. The van der Waals surface area contributed by atoms with Gasteiger partial charge in [0.15, 0.2) is 18.1 Å². The maximum Gasteiger partial charge on any atom is 0.309 e. The smallest absolute Gasteiger partial charge is 0.309 e. The first kappa shape index (κ1) is 18.8. The topological polar surface area (TPSA) is 73.9 Å². The molecule has 0 saturated carbocycles. The number of benzene rings is 1. The number of allylic oxidation sites excluding steroid dienone is 2. The van der Waals surface area contributed by atoms with Crippen molar-refractivity contribution in [1.29, 1.82) is 0 Å². The molecule has 1 aromatic carbocycles. The zero-order valence-corrected chi connectivity index (χ0v) is 14.7. The van der Waals surface area contributed by atoms with Crippen LogP contribution in [0, 0.1) is 5.92 Å². The number of hydrogen-bond donors (Lipinski definition) is 1. The first-order chi connectivity index (χ1) is 12.1. The van der Waals surface area contributed by atoms with Gasteiger partial charge in [0.05, 0.1) is 19.1 Å². The standard InChI is InChI=1S/C19H25NO5/c1-3-23-16-11-10-15(12-17(16)24-4-2)20-18(21)13-25-19(22)14-8-6-5-7-9-14/h5-6,10-12,14H,3-4,7-9,13H2,1-2H3,(H,20,21)/t14-/m1/s1. The molecule has 1 aromatic rings. The Labute approximate surface area is 148 Å². The van der Waals surface area contributed by atoms with E-state index in [1.807, 2.05) is 19.9 Å². The molecular formula is C19H25NO5. The third-order valence-electron chi connectivity index (χ3n) is 3.78. The van der Waals surface area contributed by atoms with Gasteiger partial charge in [-0.05, 0) is 45.2 Å². The molecule has 1 atom stereocenters. The highest BCUT2D eigenvalue weighted by atomic mass is 16.5. The number of amides is 1. The van der Waals surface area contributed by atoms with Gasteiger partial charge in [-0.15, -0.1) is 0 Å². The Balaban J connectivity index is 1.87. The van der Waals surface area contributed by atoms with Crippen molar-refractivity contribution in [3.8, 4) is 11.5 Å². The van der Waals surface area contributed by atoms with Crippen LogP contribution in [0.5, 0.6) is 11.5 Å². The second kappa shape index (κ2) is 9.71. The van der Waals surface area contributed by atoms with Crippen molar-refractivity contribution < 1.29 is 23.8 Å². The minimum Gasteiger partial charge on any atom is -0.490 e. The zero-order chi connectivity index (χ0) is 18.1.